The molecule has 2 rings (SSSR count). The first-order valence-corrected chi connectivity index (χ1v) is 5.86. The lowest BCUT2D eigenvalue weighted by molar-refractivity contribution is -0.136. The number of aryl methyl sites for hydroxylation is 1. The predicted octanol–water partition coefficient (Wildman–Crippen LogP) is 2.08. The van der Waals surface area contributed by atoms with Crippen LogP contribution in [0.3, 0.4) is 0 Å². The van der Waals surface area contributed by atoms with Gasteiger partial charge in [0.1, 0.15) is 0 Å². The van der Waals surface area contributed by atoms with Crippen molar-refractivity contribution >= 4 is 23.6 Å². The highest BCUT2D eigenvalue weighted by Gasteiger charge is 2.20. The van der Waals surface area contributed by atoms with Crippen molar-refractivity contribution < 1.29 is 14.7 Å². The number of carbonyl (C=O) groups is 2. The van der Waals surface area contributed by atoms with Gasteiger partial charge in [0, 0.05) is 19.2 Å². The van der Waals surface area contributed by atoms with Crippen LogP contribution in [0.25, 0.3) is 6.08 Å². The van der Waals surface area contributed by atoms with E-state index in [4.69, 9.17) is 5.11 Å². The number of carboxylic acids is 1. The smallest absolute Gasteiger partial charge is 0.307 e. The molecule has 1 aliphatic heterocycles. The average molecular weight is 245 g/mol. The molecule has 18 heavy (non-hydrogen) atoms. The van der Waals surface area contributed by atoms with E-state index < -0.39 is 5.97 Å². The third-order valence-corrected chi connectivity index (χ3v) is 3.05. The van der Waals surface area contributed by atoms with Gasteiger partial charge in [0.2, 0.25) is 5.91 Å². The van der Waals surface area contributed by atoms with Crippen LogP contribution in [-0.2, 0) is 16.0 Å². The van der Waals surface area contributed by atoms with Gasteiger partial charge in [-0.15, -0.1) is 0 Å². The second-order valence-electron chi connectivity index (χ2n) is 4.34. The standard InChI is InChI=1S/C14H15NO3/c1-15-12-7-5-10(3-2-4-14(17)18)9-11(12)6-8-13(15)16/h2-3,5,7,9H,4,6,8H2,1H3,(H,17,18)/b3-2+. The maximum Gasteiger partial charge on any atom is 0.307 e. The second-order valence-corrected chi connectivity index (χ2v) is 4.34. The van der Waals surface area contributed by atoms with Gasteiger partial charge in [-0.25, -0.2) is 0 Å². The Labute approximate surface area is 106 Å². The van der Waals surface area contributed by atoms with Crippen LogP contribution in [0, 0.1) is 0 Å². The number of anilines is 1. The van der Waals surface area contributed by atoms with Crippen molar-refractivity contribution in [2.45, 2.75) is 19.3 Å². The molecule has 0 aromatic heterocycles. The molecule has 0 bridgehead atoms. The van der Waals surface area contributed by atoms with Gasteiger partial charge in [-0.2, -0.15) is 0 Å². The quantitative estimate of drug-likeness (QED) is 0.887. The molecule has 1 aliphatic rings. The molecule has 0 radical (unpaired) electrons. The van der Waals surface area contributed by atoms with Gasteiger partial charge >= 0.3 is 5.97 Å². The van der Waals surface area contributed by atoms with Gasteiger partial charge in [0.15, 0.2) is 0 Å². The van der Waals surface area contributed by atoms with Crippen LogP contribution in [0.1, 0.15) is 24.0 Å². The van der Waals surface area contributed by atoms with Crippen molar-refractivity contribution in [1.29, 1.82) is 0 Å². The lowest BCUT2D eigenvalue weighted by Gasteiger charge is -2.25. The van der Waals surface area contributed by atoms with E-state index in [9.17, 15) is 9.59 Å². The number of amides is 1. The highest BCUT2D eigenvalue weighted by atomic mass is 16.4. The van der Waals surface area contributed by atoms with Gasteiger partial charge in [-0.1, -0.05) is 18.2 Å². The summed E-state index contributed by atoms with van der Waals surface area (Å²) in [6.45, 7) is 0. The molecule has 1 aromatic rings. The summed E-state index contributed by atoms with van der Waals surface area (Å²) in [6.07, 6.45) is 4.73. The number of rotatable bonds is 3. The minimum absolute atomic E-state index is 0.0233. The van der Waals surface area contributed by atoms with E-state index in [0.717, 1.165) is 23.2 Å². The molecule has 0 saturated heterocycles. The van der Waals surface area contributed by atoms with Crippen molar-refractivity contribution in [3.05, 3.63) is 35.4 Å². The summed E-state index contributed by atoms with van der Waals surface area (Å²) in [4.78, 5) is 23.6. The molecule has 0 aliphatic carbocycles. The molecule has 1 amide bonds. The maximum absolute atomic E-state index is 11.5. The number of carboxylic acid groups (broad SMARTS) is 1. The van der Waals surface area contributed by atoms with Crippen molar-refractivity contribution in [1.82, 2.24) is 0 Å². The molecule has 0 unspecified atom stereocenters. The van der Waals surface area contributed by atoms with Crippen LogP contribution in [0.15, 0.2) is 24.3 Å². The molecule has 0 fully saturated rings. The fourth-order valence-corrected chi connectivity index (χ4v) is 2.08. The number of aliphatic carboxylic acids is 1. The Hall–Kier alpha value is -2.10. The molecule has 4 nitrogen and oxygen atoms in total. The molecule has 1 heterocycles. The van der Waals surface area contributed by atoms with Crippen molar-refractivity contribution in [3.63, 3.8) is 0 Å². The summed E-state index contributed by atoms with van der Waals surface area (Å²) in [5.74, 6) is -0.703. The first kappa shape index (κ1) is 12.4. The number of benzene rings is 1. The van der Waals surface area contributed by atoms with Gasteiger partial charge in [-0.05, 0) is 29.7 Å². The van der Waals surface area contributed by atoms with Crippen molar-refractivity contribution in [3.8, 4) is 0 Å². The van der Waals surface area contributed by atoms with Crippen LogP contribution in [0.4, 0.5) is 5.69 Å². The molecule has 4 heteroatoms. The predicted molar refractivity (Wildman–Crippen MR) is 69.5 cm³/mol. The molecular weight excluding hydrogens is 230 g/mol. The number of hydrogen-bond acceptors (Lipinski definition) is 2. The largest absolute Gasteiger partial charge is 0.481 e. The van der Waals surface area contributed by atoms with E-state index in [1.807, 2.05) is 18.2 Å². The topological polar surface area (TPSA) is 57.6 Å². The van der Waals surface area contributed by atoms with E-state index in [1.165, 1.54) is 0 Å². The Kier molecular flexibility index (Phi) is 3.46. The Morgan fingerprint density at radius 3 is 2.94 bits per heavy atom. The van der Waals surface area contributed by atoms with E-state index in [0.29, 0.717) is 6.42 Å². The Morgan fingerprint density at radius 1 is 1.44 bits per heavy atom. The molecule has 0 saturated carbocycles. The fraction of sp³-hybridized carbons (Fsp3) is 0.286. The minimum Gasteiger partial charge on any atom is -0.481 e. The minimum atomic E-state index is -0.838. The SMILES string of the molecule is CN1C(=O)CCc2cc(/C=C/CC(=O)O)ccc21. The highest BCUT2D eigenvalue weighted by molar-refractivity contribution is 5.96. The molecule has 94 valence electrons. The zero-order valence-corrected chi connectivity index (χ0v) is 10.2. The average Bonchev–Trinajstić information content (AvgIpc) is 2.33. The third-order valence-electron chi connectivity index (χ3n) is 3.05. The molecule has 0 atom stereocenters. The van der Waals surface area contributed by atoms with Crippen LogP contribution in [0.2, 0.25) is 0 Å². The second kappa shape index (κ2) is 5.04. The highest BCUT2D eigenvalue weighted by Crippen LogP contribution is 2.27. The van der Waals surface area contributed by atoms with Gasteiger partial charge in [0.05, 0.1) is 6.42 Å². The summed E-state index contributed by atoms with van der Waals surface area (Å²) in [7, 11) is 1.78. The lowest BCUT2D eigenvalue weighted by atomic mass is 9.99. The monoisotopic (exact) mass is 245 g/mol. The molecule has 0 spiro atoms. The fourth-order valence-electron chi connectivity index (χ4n) is 2.08. The van der Waals surface area contributed by atoms with Crippen LogP contribution in [0.5, 0.6) is 0 Å². The summed E-state index contributed by atoms with van der Waals surface area (Å²) >= 11 is 0. The number of nitrogens with zero attached hydrogens (tertiary/aromatic N) is 1. The van der Waals surface area contributed by atoms with Crippen molar-refractivity contribution in [2.24, 2.45) is 0 Å². The first-order valence-electron chi connectivity index (χ1n) is 5.86. The first-order chi connectivity index (χ1) is 8.58. The Morgan fingerprint density at radius 2 is 2.22 bits per heavy atom. The number of hydrogen-bond donors (Lipinski definition) is 1. The maximum atomic E-state index is 11.5. The molecule has 1 N–H and O–H groups in total. The Bertz CT molecular complexity index is 520. The lowest BCUT2D eigenvalue weighted by Crippen LogP contribution is -2.30. The van der Waals surface area contributed by atoms with Crippen molar-refractivity contribution in [2.75, 3.05) is 11.9 Å². The van der Waals surface area contributed by atoms with Gasteiger partial charge in [-0.3, -0.25) is 9.59 Å². The zero-order chi connectivity index (χ0) is 13.1. The van der Waals surface area contributed by atoms with Crippen LogP contribution >= 0.6 is 0 Å². The third kappa shape index (κ3) is 2.59. The van der Waals surface area contributed by atoms with E-state index in [2.05, 4.69) is 0 Å². The zero-order valence-electron chi connectivity index (χ0n) is 10.2. The summed E-state index contributed by atoms with van der Waals surface area (Å²) in [5.41, 5.74) is 3.05. The number of carbonyl (C=O) groups excluding carboxylic acids is 1. The summed E-state index contributed by atoms with van der Waals surface area (Å²) < 4.78 is 0. The molecular formula is C14H15NO3. The summed E-state index contributed by atoms with van der Waals surface area (Å²) in [6, 6.07) is 5.82. The van der Waals surface area contributed by atoms with Gasteiger partial charge in [0.25, 0.3) is 0 Å². The number of fused-ring (bicyclic) bond motifs is 1. The van der Waals surface area contributed by atoms with Crippen LogP contribution in [-0.4, -0.2) is 24.0 Å². The normalized spacial score (nSPS) is 14.9. The Balaban J connectivity index is 2.20. The van der Waals surface area contributed by atoms with Crippen LogP contribution < -0.4 is 4.90 Å². The summed E-state index contributed by atoms with van der Waals surface area (Å²) in [5, 5.41) is 8.55. The van der Waals surface area contributed by atoms with E-state index >= 15 is 0 Å². The van der Waals surface area contributed by atoms with E-state index in [1.54, 1.807) is 24.1 Å². The van der Waals surface area contributed by atoms with E-state index in [-0.39, 0.29) is 12.3 Å². The van der Waals surface area contributed by atoms with Gasteiger partial charge < -0.3 is 10.0 Å². The molecule has 1 aromatic carbocycles.